The molecule has 9 heteroatoms. The van der Waals surface area contributed by atoms with Gasteiger partial charge in [0, 0.05) is 36.3 Å². The molecule has 0 saturated carbocycles. The van der Waals surface area contributed by atoms with Gasteiger partial charge in [0.25, 0.3) is 0 Å². The number of hydrogen-bond donors (Lipinski definition) is 1. The fraction of sp³-hybridized carbons (Fsp3) is 0.600. The van der Waals surface area contributed by atoms with E-state index in [2.05, 4.69) is 25.4 Å². The number of fused-ring (bicyclic) bond motifs is 1. The summed E-state index contributed by atoms with van der Waals surface area (Å²) in [7, 11) is 0. The molecule has 1 aliphatic heterocycles. The normalized spacial score (nSPS) is 15.4. The summed E-state index contributed by atoms with van der Waals surface area (Å²) < 4.78 is 20.7. The zero-order valence-corrected chi connectivity index (χ0v) is 13.6. The molecule has 0 radical (unpaired) electrons. The van der Waals surface area contributed by atoms with Crippen LogP contribution in [0.25, 0.3) is 21.5 Å². The first-order chi connectivity index (χ1) is 11.8. The van der Waals surface area contributed by atoms with Crippen LogP contribution in [-0.4, -0.2) is 34.0 Å². The van der Waals surface area contributed by atoms with Crippen LogP contribution in [0.1, 0.15) is 31.0 Å². The first-order valence-corrected chi connectivity index (χ1v) is 8.06. The lowest BCUT2D eigenvalue weighted by molar-refractivity contribution is 0.0904. The Morgan fingerprint density at radius 1 is 1.50 bits per heavy atom. The molecule has 2 aromatic rings. The number of aromatic nitrogens is 3. The highest BCUT2D eigenvalue weighted by molar-refractivity contribution is 5.91. The largest absolute Gasteiger partial charge is 0.381 e. The molecule has 1 fully saturated rings. The van der Waals surface area contributed by atoms with Crippen LogP contribution in [0.15, 0.2) is 11.3 Å². The van der Waals surface area contributed by atoms with E-state index in [1.165, 1.54) is 0 Å². The molecular formula is C15H20FN7O. The molecule has 0 amide bonds. The lowest BCUT2D eigenvalue weighted by atomic mass is 10.0. The van der Waals surface area contributed by atoms with Gasteiger partial charge in [-0.25, -0.2) is 14.1 Å². The monoisotopic (exact) mass is 333 g/mol. The van der Waals surface area contributed by atoms with Crippen LogP contribution >= 0.6 is 0 Å². The molecule has 0 unspecified atom stereocenters. The molecule has 128 valence electrons. The minimum atomic E-state index is -0.719. The molecule has 2 aromatic heterocycles. The molecule has 0 spiro atoms. The van der Waals surface area contributed by atoms with Crippen molar-refractivity contribution >= 4 is 16.7 Å². The van der Waals surface area contributed by atoms with E-state index in [4.69, 9.17) is 10.3 Å². The Balaban J connectivity index is 2.12. The van der Waals surface area contributed by atoms with Gasteiger partial charge in [0.15, 0.2) is 5.65 Å². The molecule has 1 N–H and O–H groups in total. The second-order valence-electron chi connectivity index (χ2n) is 5.66. The number of aryl methyl sites for hydroxylation is 1. The molecule has 8 nitrogen and oxygen atoms in total. The Labute approximate surface area is 138 Å². The fourth-order valence-electron chi connectivity index (χ4n) is 3.00. The number of ether oxygens (including phenoxy) is 1. The summed E-state index contributed by atoms with van der Waals surface area (Å²) in [6.07, 6.45) is 3.48. The van der Waals surface area contributed by atoms with E-state index in [9.17, 15) is 4.39 Å². The Morgan fingerprint density at radius 2 is 2.29 bits per heavy atom. The second-order valence-corrected chi connectivity index (χ2v) is 5.66. The molecular weight excluding hydrogens is 313 g/mol. The molecule has 0 aromatic carbocycles. The topological polar surface area (TPSA) is 101 Å². The first kappa shape index (κ1) is 16.5. The Morgan fingerprint density at radius 3 is 2.96 bits per heavy atom. The van der Waals surface area contributed by atoms with Crippen molar-refractivity contribution < 1.29 is 9.13 Å². The number of anilines is 1. The molecule has 3 heterocycles. The maximum Gasteiger partial charge on any atom is 0.160 e. The van der Waals surface area contributed by atoms with Crippen molar-refractivity contribution in [1.82, 2.24) is 14.8 Å². The third kappa shape index (κ3) is 3.13. The third-order valence-electron chi connectivity index (χ3n) is 4.26. The Kier molecular flexibility index (Phi) is 5.12. The zero-order valence-electron chi connectivity index (χ0n) is 13.6. The van der Waals surface area contributed by atoms with Crippen molar-refractivity contribution in [3.05, 3.63) is 27.9 Å². The summed E-state index contributed by atoms with van der Waals surface area (Å²) in [5, 5.41) is 12.3. The van der Waals surface area contributed by atoms with E-state index in [1.54, 1.807) is 10.9 Å². The van der Waals surface area contributed by atoms with Crippen molar-refractivity contribution in [2.75, 3.05) is 18.5 Å². The predicted octanol–water partition coefficient (Wildman–Crippen LogP) is 3.32. The fourth-order valence-corrected chi connectivity index (χ4v) is 3.00. The summed E-state index contributed by atoms with van der Waals surface area (Å²) >= 11 is 0. The summed E-state index contributed by atoms with van der Waals surface area (Å²) in [6.45, 7) is 3.34. The van der Waals surface area contributed by atoms with E-state index in [-0.39, 0.29) is 12.6 Å². The predicted molar refractivity (Wildman–Crippen MR) is 88.3 cm³/mol. The van der Waals surface area contributed by atoms with Gasteiger partial charge < -0.3 is 10.1 Å². The van der Waals surface area contributed by atoms with E-state index in [0.29, 0.717) is 36.7 Å². The molecule has 24 heavy (non-hydrogen) atoms. The SMILES string of the molecule is CCn1ncc2c(NC3CCOCC3)c(CN=[N+]=[N-])c(CF)nc21. The Hall–Kier alpha value is -2.38. The molecule has 1 saturated heterocycles. The maximum absolute atomic E-state index is 13.6. The van der Waals surface area contributed by atoms with Crippen molar-refractivity contribution in [1.29, 1.82) is 0 Å². The number of nitrogens with one attached hydrogen (secondary N) is 1. The number of nitrogens with zero attached hydrogens (tertiary/aromatic N) is 6. The van der Waals surface area contributed by atoms with E-state index >= 15 is 0 Å². The number of alkyl halides is 1. The summed E-state index contributed by atoms with van der Waals surface area (Å²) in [5.41, 5.74) is 11.0. The van der Waals surface area contributed by atoms with Crippen LogP contribution in [0.2, 0.25) is 0 Å². The third-order valence-corrected chi connectivity index (χ3v) is 4.26. The average molecular weight is 333 g/mol. The second kappa shape index (κ2) is 7.46. The zero-order chi connectivity index (χ0) is 16.9. The average Bonchev–Trinajstić information content (AvgIpc) is 3.04. The van der Waals surface area contributed by atoms with Crippen LogP contribution in [0, 0.1) is 0 Å². The quantitative estimate of drug-likeness (QED) is 0.498. The minimum absolute atomic E-state index is 0.0571. The summed E-state index contributed by atoms with van der Waals surface area (Å²) in [6, 6.07) is 0.228. The van der Waals surface area contributed by atoms with Crippen molar-refractivity contribution in [3.63, 3.8) is 0 Å². The maximum atomic E-state index is 13.6. The number of azide groups is 1. The van der Waals surface area contributed by atoms with Crippen LogP contribution in [0.4, 0.5) is 10.1 Å². The number of hydrogen-bond acceptors (Lipinski definition) is 5. The van der Waals surface area contributed by atoms with E-state index in [1.807, 2.05) is 6.92 Å². The van der Waals surface area contributed by atoms with Crippen molar-refractivity contribution in [2.24, 2.45) is 5.11 Å². The van der Waals surface area contributed by atoms with Crippen molar-refractivity contribution in [3.8, 4) is 0 Å². The smallest absolute Gasteiger partial charge is 0.160 e. The van der Waals surface area contributed by atoms with Crippen molar-refractivity contribution in [2.45, 2.75) is 45.6 Å². The van der Waals surface area contributed by atoms with Crippen LogP contribution in [0.3, 0.4) is 0 Å². The van der Waals surface area contributed by atoms with Gasteiger partial charge in [-0.2, -0.15) is 5.10 Å². The highest BCUT2D eigenvalue weighted by Crippen LogP contribution is 2.31. The standard InChI is InChI=1S/C15H20FN7O/c1-2-23-15-12(9-19-23)14(20-10-3-5-24-6-4-10)11(8-18-22-17)13(7-16)21-15/h9-10H,2-8H2,1H3,(H,20,21). The summed E-state index contributed by atoms with van der Waals surface area (Å²) in [5.74, 6) is 0. The molecule has 0 aliphatic carbocycles. The number of halogens is 1. The van der Waals surface area contributed by atoms with Crippen LogP contribution < -0.4 is 5.32 Å². The van der Waals surface area contributed by atoms with Gasteiger partial charge in [-0.1, -0.05) is 5.11 Å². The molecule has 3 rings (SSSR count). The van der Waals surface area contributed by atoms with Gasteiger partial charge in [-0.3, -0.25) is 0 Å². The van der Waals surface area contributed by atoms with Gasteiger partial charge in [-0.05, 0) is 25.3 Å². The van der Waals surface area contributed by atoms with E-state index in [0.717, 1.165) is 23.9 Å². The van der Waals surface area contributed by atoms with Gasteiger partial charge in [0.05, 0.1) is 29.5 Å². The first-order valence-electron chi connectivity index (χ1n) is 8.06. The lowest BCUT2D eigenvalue weighted by Crippen LogP contribution is -2.28. The highest BCUT2D eigenvalue weighted by Gasteiger charge is 2.21. The van der Waals surface area contributed by atoms with Gasteiger partial charge in [0.1, 0.15) is 6.67 Å². The number of rotatable bonds is 6. The highest BCUT2D eigenvalue weighted by atomic mass is 19.1. The molecule has 0 bridgehead atoms. The van der Waals surface area contributed by atoms with Gasteiger partial charge >= 0.3 is 0 Å². The van der Waals surface area contributed by atoms with E-state index < -0.39 is 6.67 Å². The summed E-state index contributed by atoms with van der Waals surface area (Å²) in [4.78, 5) is 7.21. The lowest BCUT2D eigenvalue weighted by Gasteiger charge is -2.26. The Bertz CT molecular complexity index is 763. The van der Waals surface area contributed by atoms with Gasteiger partial charge in [0.2, 0.25) is 0 Å². The van der Waals surface area contributed by atoms with Crippen LogP contribution in [-0.2, 0) is 24.5 Å². The van der Waals surface area contributed by atoms with Gasteiger partial charge in [-0.15, -0.1) is 0 Å². The number of pyridine rings is 1. The minimum Gasteiger partial charge on any atom is -0.381 e. The molecule has 1 aliphatic rings. The van der Waals surface area contributed by atoms with Crippen LogP contribution in [0.5, 0.6) is 0 Å². The molecule has 0 atom stereocenters.